The summed E-state index contributed by atoms with van der Waals surface area (Å²) in [6.07, 6.45) is 1.38. The molecule has 0 fully saturated rings. The molecule has 0 spiro atoms. The van der Waals surface area contributed by atoms with Crippen LogP contribution in [0.4, 0.5) is 0 Å². The Bertz CT molecular complexity index is 1050. The van der Waals surface area contributed by atoms with Gasteiger partial charge in [-0.3, -0.25) is 4.79 Å². The highest BCUT2D eigenvalue weighted by Crippen LogP contribution is 2.14. The Labute approximate surface area is 122 Å². The standard InChI is InChI=1S/C12H8ClN3O4S/c13-7-3-4-8-9(6-7)15-12(18)16(11(8)17)21(19,20)10-2-1-5-14-10/h1-6,14H,(H,15,18). The van der Waals surface area contributed by atoms with Crippen molar-refractivity contribution in [1.29, 1.82) is 0 Å². The molecule has 0 radical (unpaired) electrons. The summed E-state index contributed by atoms with van der Waals surface area (Å²) in [4.78, 5) is 29.1. The van der Waals surface area contributed by atoms with E-state index in [4.69, 9.17) is 11.6 Å². The lowest BCUT2D eigenvalue weighted by Gasteiger charge is -2.06. The number of nitrogens with zero attached hydrogens (tertiary/aromatic N) is 1. The van der Waals surface area contributed by atoms with Crippen LogP contribution in [-0.4, -0.2) is 22.4 Å². The zero-order valence-corrected chi connectivity index (χ0v) is 11.9. The molecule has 0 aliphatic rings. The number of H-pyrrole nitrogens is 2. The van der Waals surface area contributed by atoms with Gasteiger partial charge in [-0.25, -0.2) is 4.79 Å². The van der Waals surface area contributed by atoms with E-state index in [1.807, 2.05) is 0 Å². The molecule has 0 saturated heterocycles. The molecule has 0 unspecified atom stereocenters. The lowest BCUT2D eigenvalue weighted by Crippen LogP contribution is -2.40. The highest BCUT2D eigenvalue weighted by atomic mass is 35.5. The molecule has 0 aliphatic carbocycles. The van der Waals surface area contributed by atoms with Crippen molar-refractivity contribution in [2.45, 2.75) is 5.03 Å². The number of nitrogens with one attached hydrogen (secondary N) is 2. The lowest BCUT2D eigenvalue weighted by atomic mass is 10.2. The van der Waals surface area contributed by atoms with E-state index in [0.717, 1.165) is 0 Å². The second-order valence-corrected chi connectivity index (χ2v) is 6.42. The Morgan fingerprint density at radius 3 is 2.57 bits per heavy atom. The third-order valence-electron chi connectivity index (χ3n) is 2.91. The average Bonchev–Trinajstić information content (AvgIpc) is 2.92. The minimum atomic E-state index is -4.29. The number of rotatable bonds is 2. The minimum absolute atomic E-state index is 0.0501. The Hall–Kier alpha value is -2.32. The lowest BCUT2D eigenvalue weighted by molar-refractivity contribution is 0.579. The van der Waals surface area contributed by atoms with Gasteiger partial charge in [0.25, 0.3) is 15.6 Å². The first-order valence-corrected chi connectivity index (χ1v) is 7.56. The van der Waals surface area contributed by atoms with Crippen LogP contribution in [0.5, 0.6) is 0 Å². The maximum Gasteiger partial charge on any atom is 0.343 e. The number of hydrogen-bond donors (Lipinski definition) is 2. The summed E-state index contributed by atoms with van der Waals surface area (Å²) in [7, 11) is -4.29. The van der Waals surface area contributed by atoms with Crippen LogP contribution in [0.2, 0.25) is 5.02 Å². The van der Waals surface area contributed by atoms with Crippen LogP contribution in [0.15, 0.2) is 51.1 Å². The zero-order chi connectivity index (χ0) is 15.2. The van der Waals surface area contributed by atoms with Gasteiger partial charge in [0.1, 0.15) is 0 Å². The third kappa shape index (κ3) is 2.08. The number of hydrogen-bond acceptors (Lipinski definition) is 4. The summed E-state index contributed by atoms with van der Waals surface area (Å²) in [5, 5.41) is 0.125. The molecule has 2 N–H and O–H groups in total. The molecule has 0 atom stereocenters. The first kappa shape index (κ1) is 13.7. The molecule has 3 aromatic rings. The predicted octanol–water partition coefficient (Wildman–Crippen LogP) is 0.908. The monoisotopic (exact) mass is 325 g/mol. The first-order chi connectivity index (χ1) is 9.91. The Balaban J connectivity index is 2.43. The molecule has 0 amide bonds. The number of halogens is 1. The van der Waals surface area contributed by atoms with Crippen LogP contribution < -0.4 is 11.2 Å². The summed E-state index contributed by atoms with van der Waals surface area (Å²) < 4.78 is 24.9. The Morgan fingerprint density at radius 2 is 1.90 bits per heavy atom. The van der Waals surface area contributed by atoms with Crippen LogP contribution >= 0.6 is 11.6 Å². The fourth-order valence-corrected chi connectivity index (χ4v) is 3.38. The van der Waals surface area contributed by atoms with E-state index >= 15 is 0 Å². The summed E-state index contributed by atoms with van der Waals surface area (Å²) in [6, 6.07) is 6.89. The maximum atomic E-state index is 12.3. The van der Waals surface area contributed by atoms with Crippen molar-refractivity contribution in [3.8, 4) is 0 Å². The summed E-state index contributed by atoms with van der Waals surface area (Å²) in [5.41, 5.74) is -1.81. The molecule has 0 bridgehead atoms. The molecule has 1 aromatic carbocycles. The van der Waals surface area contributed by atoms with E-state index in [0.29, 0.717) is 5.02 Å². The number of benzene rings is 1. The van der Waals surface area contributed by atoms with Gasteiger partial charge in [-0.05, 0) is 30.3 Å². The largest absolute Gasteiger partial charge is 0.351 e. The molecule has 2 heterocycles. The quantitative estimate of drug-likeness (QED) is 0.730. The van der Waals surface area contributed by atoms with Gasteiger partial charge < -0.3 is 9.97 Å². The summed E-state index contributed by atoms with van der Waals surface area (Å²) >= 11 is 5.78. The van der Waals surface area contributed by atoms with Crippen molar-refractivity contribution in [2.24, 2.45) is 0 Å². The van der Waals surface area contributed by atoms with Crippen LogP contribution in [0, 0.1) is 0 Å². The molecule has 7 nitrogen and oxygen atoms in total. The fourth-order valence-electron chi connectivity index (χ4n) is 1.96. The van der Waals surface area contributed by atoms with Crippen LogP contribution in [-0.2, 0) is 10.0 Å². The second-order valence-electron chi connectivity index (χ2n) is 4.23. The van der Waals surface area contributed by atoms with Crippen molar-refractivity contribution >= 4 is 32.5 Å². The van der Waals surface area contributed by atoms with E-state index in [2.05, 4.69) is 9.97 Å². The average molecular weight is 326 g/mol. The number of aromatic amines is 2. The van der Waals surface area contributed by atoms with Crippen molar-refractivity contribution < 1.29 is 8.42 Å². The van der Waals surface area contributed by atoms with E-state index in [1.165, 1.54) is 36.5 Å². The molecule has 108 valence electrons. The van der Waals surface area contributed by atoms with Gasteiger partial charge in [-0.2, -0.15) is 8.42 Å². The van der Waals surface area contributed by atoms with Gasteiger partial charge in [-0.1, -0.05) is 11.6 Å². The molecule has 2 aromatic heterocycles. The van der Waals surface area contributed by atoms with Crippen LogP contribution in [0.3, 0.4) is 0 Å². The zero-order valence-electron chi connectivity index (χ0n) is 10.3. The highest BCUT2D eigenvalue weighted by Gasteiger charge is 2.23. The fraction of sp³-hybridized carbons (Fsp3) is 0. The second kappa shape index (κ2) is 4.61. The third-order valence-corrected chi connectivity index (χ3v) is 4.77. The van der Waals surface area contributed by atoms with Crippen molar-refractivity contribution in [2.75, 3.05) is 0 Å². The van der Waals surface area contributed by atoms with E-state index in [1.54, 1.807) is 0 Å². The smallest absolute Gasteiger partial charge is 0.343 e. The molecule has 3 rings (SSSR count). The molecule has 0 aliphatic heterocycles. The van der Waals surface area contributed by atoms with E-state index in [-0.39, 0.29) is 19.9 Å². The molecular formula is C12H8ClN3O4S. The van der Waals surface area contributed by atoms with Gasteiger partial charge in [0, 0.05) is 11.2 Å². The first-order valence-electron chi connectivity index (χ1n) is 5.75. The predicted molar refractivity (Wildman–Crippen MR) is 77.2 cm³/mol. The number of aromatic nitrogens is 3. The Morgan fingerprint density at radius 1 is 1.14 bits per heavy atom. The molecule has 21 heavy (non-hydrogen) atoms. The van der Waals surface area contributed by atoms with E-state index < -0.39 is 21.3 Å². The van der Waals surface area contributed by atoms with Crippen molar-refractivity contribution in [1.82, 2.24) is 13.9 Å². The van der Waals surface area contributed by atoms with Crippen molar-refractivity contribution in [3.05, 3.63) is 62.4 Å². The van der Waals surface area contributed by atoms with Crippen molar-refractivity contribution in [3.63, 3.8) is 0 Å². The van der Waals surface area contributed by atoms with E-state index in [9.17, 15) is 18.0 Å². The number of fused-ring (bicyclic) bond motifs is 1. The summed E-state index contributed by atoms with van der Waals surface area (Å²) in [6.45, 7) is 0. The minimum Gasteiger partial charge on any atom is -0.351 e. The van der Waals surface area contributed by atoms with Gasteiger partial charge in [0.2, 0.25) is 0 Å². The molecule has 9 heteroatoms. The molecule has 0 saturated carbocycles. The Kier molecular flexibility index (Phi) is 2.99. The highest BCUT2D eigenvalue weighted by molar-refractivity contribution is 7.89. The van der Waals surface area contributed by atoms with Crippen LogP contribution in [0.25, 0.3) is 10.9 Å². The van der Waals surface area contributed by atoms with Crippen LogP contribution in [0.1, 0.15) is 0 Å². The van der Waals surface area contributed by atoms with Gasteiger partial charge in [0.15, 0.2) is 5.03 Å². The van der Waals surface area contributed by atoms with Gasteiger partial charge in [0.05, 0.1) is 10.9 Å². The van der Waals surface area contributed by atoms with Gasteiger partial charge in [-0.15, -0.1) is 3.97 Å². The normalized spacial score (nSPS) is 11.9. The summed E-state index contributed by atoms with van der Waals surface area (Å²) in [5.74, 6) is 0. The molecular weight excluding hydrogens is 318 g/mol. The maximum absolute atomic E-state index is 12.3. The SMILES string of the molecule is O=c1[nH]c2cc(Cl)ccc2c(=O)n1S(=O)(=O)c1ccc[nH]1. The van der Waals surface area contributed by atoms with Gasteiger partial charge >= 0.3 is 5.69 Å². The topological polar surface area (TPSA) is 105 Å².